The first kappa shape index (κ1) is 16.7. The average Bonchev–Trinajstić information content (AvgIpc) is 2.68. The smallest absolute Gasteiger partial charge is 0.339 e. The Hall–Kier alpha value is -3.20. The molecule has 0 saturated heterocycles. The van der Waals surface area contributed by atoms with Crippen molar-refractivity contribution in [1.29, 1.82) is 0 Å². The van der Waals surface area contributed by atoms with E-state index < -0.39 is 12.1 Å². The van der Waals surface area contributed by atoms with E-state index in [4.69, 9.17) is 4.74 Å². The SMILES string of the molecule is O=CCc1ccc(C(=O)OC(c2ccccc2)c2ccccc2)cc1. The highest BCUT2D eigenvalue weighted by Crippen LogP contribution is 2.27. The summed E-state index contributed by atoms with van der Waals surface area (Å²) < 4.78 is 5.80. The molecular weight excluding hydrogens is 312 g/mol. The van der Waals surface area contributed by atoms with Gasteiger partial charge in [0.05, 0.1) is 5.56 Å². The Bertz CT molecular complexity index is 785. The molecule has 0 N–H and O–H groups in total. The maximum atomic E-state index is 12.6. The monoisotopic (exact) mass is 330 g/mol. The molecule has 3 aromatic carbocycles. The first-order valence-electron chi connectivity index (χ1n) is 8.11. The zero-order valence-corrected chi connectivity index (χ0v) is 13.7. The molecule has 3 nitrogen and oxygen atoms in total. The highest BCUT2D eigenvalue weighted by Gasteiger charge is 2.19. The first-order valence-corrected chi connectivity index (χ1v) is 8.11. The van der Waals surface area contributed by atoms with E-state index in [9.17, 15) is 9.59 Å². The molecular formula is C22H18O3. The van der Waals surface area contributed by atoms with Crippen molar-refractivity contribution in [2.24, 2.45) is 0 Å². The van der Waals surface area contributed by atoms with E-state index in [2.05, 4.69) is 0 Å². The lowest BCUT2D eigenvalue weighted by Crippen LogP contribution is -2.13. The number of hydrogen-bond donors (Lipinski definition) is 0. The van der Waals surface area contributed by atoms with Gasteiger partial charge in [0.25, 0.3) is 0 Å². The second-order valence-corrected chi connectivity index (χ2v) is 5.67. The molecule has 3 heteroatoms. The van der Waals surface area contributed by atoms with Gasteiger partial charge in [0.15, 0.2) is 6.10 Å². The summed E-state index contributed by atoms with van der Waals surface area (Å²) in [6, 6.07) is 26.2. The second-order valence-electron chi connectivity index (χ2n) is 5.67. The van der Waals surface area contributed by atoms with Crippen LogP contribution in [0.3, 0.4) is 0 Å². The van der Waals surface area contributed by atoms with Gasteiger partial charge in [-0.2, -0.15) is 0 Å². The number of aldehydes is 1. The van der Waals surface area contributed by atoms with Crippen LogP contribution in [0, 0.1) is 0 Å². The van der Waals surface area contributed by atoms with Crippen LogP contribution in [0.4, 0.5) is 0 Å². The molecule has 0 bridgehead atoms. The predicted octanol–water partition coefficient (Wildman–Crippen LogP) is 4.37. The minimum atomic E-state index is -0.468. The van der Waals surface area contributed by atoms with Crippen LogP contribution in [0.2, 0.25) is 0 Å². The van der Waals surface area contributed by atoms with Crippen LogP contribution in [-0.4, -0.2) is 12.3 Å². The fraction of sp³-hybridized carbons (Fsp3) is 0.0909. The van der Waals surface area contributed by atoms with Gasteiger partial charge in [0.2, 0.25) is 0 Å². The quantitative estimate of drug-likeness (QED) is 0.498. The van der Waals surface area contributed by atoms with Crippen LogP contribution >= 0.6 is 0 Å². The molecule has 0 atom stereocenters. The normalized spacial score (nSPS) is 10.4. The third-order valence-corrected chi connectivity index (χ3v) is 3.94. The lowest BCUT2D eigenvalue weighted by molar-refractivity contribution is -0.107. The summed E-state index contributed by atoms with van der Waals surface area (Å²) in [6.07, 6.45) is 0.713. The van der Waals surface area contributed by atoms with Crippen molar-refractivity contribution in [3.05, 3.63) is 107 Å². The van der Waals surface area contributed by atoms with Crippen LogP contribution in [0.1, 0.15) is 33.2 Å². The fourth-order valence-electron chi connectivity index (χ4n) is 2.63. The standard InChI is InChI=1S/C22H18O3/c23-16-15-17-11-13-20(14-12-17)22(24)25-21(18-7-3-1-4-8-18)19-9-5-2-6-10-19/h1-14,16,21H,15H2. The Balaban J connectivity index is 1.85. The Labute approximate surface area is 146 Å². The van der Waals surface area contributed by atoms with Crippen molar-refractivity contribution < 1.29 is 14.3 Å². The van der Waals surface area contributed by atoms with Gasteiger partial charge >= 0.3 is 5.97 Å². The minimum absolute atomic E-state index is 0.339. The number of rotatable bonds is 6. The Kier molecular flexibility index (Phi) is 5.37. The van der Waals surface area contributed by atoms with Crippen molar-refractivity contribution in [3.8, 4) is 0 Å². The molecule has 0 saturated carbocycles. The molecule has 3 aromatic rings. The van der Waals surface area contributed by atoms with Crippen molar-refractivity contribution in [2.45, 2.75) is 12.5 Å². The summed E-state index contributed by atoms with van der Waals surface area (Å²) in [5.41, 5.74) is 3.17. The van der Waals surface area contributed by atoms with Crippen molar-refractivity contribution >= 4 is 12.3 Å². The van der Waals surface area contributed by atoms with E-state index >= 15 is 0 Å². The van der Waals surface area contributed by atoms with E-state index in [0.29, 0.717) is 12.0 Å². The van der Waals surface area contributed by atoms with Gasteiger partial charge in [-0.15, -0.1) is 0 Å². The molecule has 0 aromatic heterocycles. The Morgan fingerprint density at radius 1 is 0.800 bits per heavy atom. The number of benzene rings is 3. The lowest BCUT2D eigenvalue weighted by Gasteiger charge is -2.19. The predicted molar refractivity (Wildman–Crippen MR) is 96.4 cm³/mol. The maximum absolute atomic E-state index is 12.6. The van der Waals surface area contributed by atoms with Gasteiger partial charge in [-0.25, -0.2) is 4.79 Å². The van der Waals surface area contributed by atoms with E-state index in [1.54, 1.807) is 24.3 Å². The Morgan fingerprint density at radius 2 is 1.32 bits per heavy atom. The second kappa shape index (κ2) is 8.06. The summed E-state index contributed by atoms with van der Waals surface area (Å²) in [6.45, 7) is 0. The van der Waals surface area contributed by atoms with Gasteiger partial charge in [0.1, 0.15) is 6.29 Å². The molecule has 0 aliphatic rings. The van der Waals surface area contributed by atoms with Gasteiger partial charge < -0.3 is 9.53 Å². The fourth-order valence-corrected chi connectivity index (χ4v) is 2.63. The number of carbonyl (C=O) groups excluding carboxylic acids is 2. The van der Waals surface area contributed by atoms with Crippen molar-refractivity contribution in [2.75, 3.05) is 0 Å². The van der Waals surface area contributed by atoms with Crippen LogP contribution in [0.15, 0.2) is 84.9 Å². The molecule has 0 amide bonds. The van der Waals surface area contributed by atoms with E-state index in [1.165, 1.54) is 0 Å². The largest absolute Gasteiger partial charge is 0.449 e. The zero-order valence-electron chi connectivity index (χ0n) is 13.7. The van der Waals surface area contributed by atoms with Crippen molar-refractivity contribution in [3.63, 3.8) is 0 Å². The van der Waals surface area contributed by atoms with Crippen LogP contribution in [0.5, 0.6) is 0 Å². The third-order valence-electron chi connectivity index (χ3n) is 3.94. The molecule has 0 radical (unpaired) electrons. The maximum Gasteiger partial charge on any atom is 0.339 e. The molecule has 3 rings (SSSR count). The summed E-state index contributed by atoms with van der Waals surface area (Å²) >= 11 is 0. The van der Waals surface area contributed by atoms with E-state index in [1.807, 2.05) is 60.7 Å². The molecule has 0 aliphatic carbocycles. The van der Waals surface area contributed by atoms with Gasteiger partial charge in [-0.3, -0.25) is 0 Å². The first-order chi connectivity index (χ1) is 12.3. The number of ether oxygens (including phenoxy) is 1. The van der Waals surface area contributed by atoms with E-state index in [-0.39, 0.29) is 0 Å². The van der Waals surface area contributed by atoms with Crippen LogP contribution in [-0.2, 0) is 16.0 Å². The van der Waals surface area contributed by atoms with Gasteiger partial charge in [0, 0.05) is 6.42 Å². The van der Waals surface area contributed by atoms with Gasteiger partial charge in [-0.1, -0.05) is 72.8 Å². The minimum Gasteiger partial charge on any atom is -0.449 e. The summed E-state index contributed by atoms with van der Waals surface area (Å²) in [7, 11) is 0. The highest BCUT2D eigenvalue weighted by molar-refractivity contribution is 5.89. The van der Waals surface area contributed by atoms with Crippen molar-refractivity contribution in [1.82, 2.24) is 0 Å². The lowest BCUT2D eigenvalue weighted by atomic mass is 10.0. The third kappa shape index (κ3) is 4.21. The molecule has 0 unspecified atom stereocenters. The molecule has 25 heavy (non-hydrogen) atoms. The molecule has 124 valence electrons. The molecule has 0 spiro atoms. The number of carbonyl (C=O) groups is 2. The van der Waals surface area contributed by atoms with Crippen LogP contribution in [0.25, 0.3) is 0 Å². The average molecular weight is 330 g/mol. The van der Waals surface area contributed by atoms with Crippen LogP contribution < -0.4 is 0 Å². The summed E-state index contributed by atoms with van der Waals surface area (Å²) in [5, 5.41) is 0. The highest BCUT2D eigenvalue weighted by atomic mass is 16.5. The topological polar surface area (TPSA) is 43.4 Å². The molecule has 0 heterocycles. The number of esters is 1. The van der Waals surface area contributed by atoms with Gasteiger partial charge in [-0.05, 0) is 28.8 Å². The van der Waals surface area contributed by atoms with E-state index in [0.717, 1.165) is 23.0 Å². The molecule has 0 fully saturated rings. The summed E-state index contributed by atoms with van der Waals surface area (Å²) in [4.78, 5) is 23.1. The zero-order chi connectivity index (χ0) is 17.5. The Morgan fingerprint density at radius 3 is 1.80 bits per heavy atom. The summed E-state index contributed by atoms with van der Waals surface area (Å²) in [5.74, 6) is -0.393. The molecule has 0 aliphatic heterocycles. The number of hydrogen-bond acceptors (Lipinski definition) is 3.